The van der Waals surface area contributed by atoms with Gasteiger partial charge in [0.15, 0.2) is 5.78 Å². The number of rotatable bonds is 3. The van der Waals surface area contributed by atoms with Crippen LogP contribution in [0.5, 0.6) is 5.75 Å². The van der Waals surface area contributed by atoms with Gasteiger partial charge in [0.25, 0.3) is 0 Å². The standard InChI is InChI=1S/C15H17NO3/c1-16-9-10(15(17)13-7-4-8-19-13)14-11(16)5-3-6-12(14)18-2/h3,5-6,9,13H,4,7-8H2,1-2H3. The highest BCUT2D eigenvalue weighted by atomic mass is 16.5. The number of aromatic nitrogens is 1. The highest BCUT2D eigenvalue weighted by Gasteiger charge is 2.28. The number of carbonyl (C=O) groups is 1. The van der Waals surface area contributed by atoms with Crippen LogP contribution in [0, 0.1) is 0 Å². The van der Waals surface area contributed by atoms with Crippen molar-refractivity contribution in [2.45, 2.75) is 18.9 Å². The van der Waals surface area contributed by atoms with E-state index in [9.17, 15) is 4.79 Å². The smallest absolute Gasteiger partial charge is 0.193 e. The van der Waals surface area contributed by atoms with Crippen LogP contribution in [0.15, 0.2) is 24.4 Å². The van der Waals surface area contributed by atoms with Crippen LogP contribution in [0.2, 0.25) is 0 Å². The van der Waals surface area contributed by atoms with Crippen molar-refractivity contribution in [3.63, 3.8) is 0 Å². The van der Waals surface area contributed by atoms with E-state index >= 15 is 0 Å². The number of aryl methyl sites for hydroxylation is 1. The number of ether oxygens (including phenoxy) is 2. The molecule has 2 heterocycles. The van der Waals surface area contributed by atoms with E-state index in [0.29, 0.717) is 12.2 Å². The van der Waals surface area contributed by atoms with Crippen molar-refractivity contribution in [1.29, 1.82) is 0 Å². The Morgan fingerprint density at radius 1 is 1.47 bits per heavy atom. The lowest BCUT2D eigenvalue weighted by Crippen LogP contribution is -2.19. The first-order valence-electron chi connectivity index (χ1n) is 6.50. The summed E-state index contributed by atoms with van der Waals surface area (Å²) in [6, 6.07) is 5.81. The highest BCUT2D eigenvalue weighted by Crippen LogP contribution is 2.32. The molecule has 1 atom stereocenters. The van der Waals surface area contributed by atoms with Crippen LogP contribution in [-0.4, -0.2) is 30.2 Å². The molecule has 0 saturated carbocycles. The molecule has 1 aromatic carbocycles. The molecule has 0 spiro atoms. The molecule has 4 heteroatoms. The van der Waals surface area contributed by atoms with Gasteiger partial charge in [-0.05, 0) is 25.0 Å². The predicted molar refractivity (Wildman–Crippen MR) is 72.8 cm³/mol. The Kier molecular flexibility index (Phi) is 3.03. The average Bonchev–Trinajstić information content (AvgIpc) is 3.06. The number of nitrogens with zero attached hydrogens (tertiary/aromatic N) is 1. The lowest BCUT2D eigenvalue weighted by Gasteiger charge is -2.08. The molecule has 3 rings (SSSR count). The van der Waals surface area contributed by atoms with Gasteiger partial charge in [0.05, 0.1) is 18.0 Å². The molecule has 0 radical (unpaired) electrons. The number of benzene rings is 1. The maximum absolute atomic E-state index is 12.5. The molecule has 0 bridgehead atoms. The summed E-state index contributed by atoms with van der Waals surface area (Å²) in [6.45, 7) is 0.679. The van der Waals surface area contributed by atoms with Crippen molar-refractivity contribution in [2.75, 3.05) is 13.7 Å². The molecular formula is C15H17NO3. The number of hydrogen-bond donors (Lipinski definition) is 0. The maximum atomic E-state index is 12.5. The molecule has 0 amide bonds. The minimum absolute atomic E-state index is 0.0626. The summed E-state index contributed by atoms with van der Waals surface area (Å²) >= 11 is 0. The van der Waals surface area contributed by atoms with Gasteiger partial charge in [-0.1, -0.05) is 6.07 Å². The molecule has 1 unspecified atom stereocenters. The minimum atomic E-state index is -0.296. The Morgan fingerprint density at radius 2 is 2.32 bits per heavy atom. The summed E-state index contributed by atoms with van der Waals surface area (Å²) in [5, 5.41) is 0.882. The third-order valence-corrected chi connectivity index (χ3v) is 3.68. The zero-order valence-corrected chi connectivity index (χ0v) is 11.2. The summed E-state index contributed by atoms with van der Waals surface area (Å²) in [4.78, 5) is 12.5. The quantitative estimate of drug-likeness (QED) is 0.795. The highest BCUT2D eigenvalue weighted by molar-refractivity contribution is 6.12. The number of hydrogen-bond acceptors (Lipinski definition) is 3. The van der Waals surface area contributed by atoms with E-state index in [1.54, 1.807) is 7.11 Å². The summed E-state index contributed by atoms with van der Waals surface area (Å²) in [5.74, 6) is 0.798. The van der Waals surface area contributed by atoms with Gasteiger partial charge >= 0.3 is 0 Å². The number of Topliss-reactive ketones (excluding diaryl/α,β-unsaturated/α-hetero) is 1. The van der Waals surface area contributed by atoms with Crippen LogP contribution in [0.3, 0.4) is 0 Å². The molecule has 100 valence electrons. The van der Waals surface area contributed by atoms with E-state index in [1.807, 2.05) is 36.0 Å². The van der Waals surface area contributed by atoms with Crippen LogP contribution in [0.1, 0.15) is 23.2 Å². The first-order valence-corrected chi connectivity index (χ1v) is 6.50. The van der Waals surface area contributed by atoms with Crippen LogP contribution in [0.4, 0.5) is 0 Å². The van der Waals surface area contributed by atoms with Crippen molar-refractivity contribution in [3.05, 3.63) is 30.0 Å². The number of methoxy groups -OCH3 is 1. The fourth-order valence-corrected chi connectivity index (χ4v) is 2.73. The van der Waals surface area contributed by atoms with E-state index in [-0.39, 0.29) is 11.9 Å². The van der Waals surface area contributed by atoms with Gasteiger partial charge in [-0.3, -0.25) is 4.79 Å². The van der Waals surface area contributed by atoms with E-state index in [2.05, 4.69) is 0 Å². The largest absolute Gasteiger partial charge is 0.496 e. The summed E-state index contributed by atoms with van der Waals surface area (Å²) in [5.41, 5.74) is 1.70. The SMILES string of the molecule is COc1cccc2c1c(C(=O)C1CCCO1)cn2C. The number of fused-ring (bicyclic) bond motifs is 1. The zero-order valence-electron chi connectivity index (χ0n) is 11.2. The van der Waals surface area contributed by atoms with Crippen LogP contribution in [0.25, 0.3) is 10.9 Å². The van der Waals surface area contributed by atoms with Crippen molar-refractivity contribution in [3.8, 4) is 5.75 Å². The number of carbonyl (C=O) groups excluding carboxylic acids is 1. The van der Waals surface area contributed by atoms with Crippen molar-refractivity contribution in [2.24, 2.45) is 7.05 Å². The van der Waals surface area contributed by atoms with Gasteiger partial charge < -0.3 is 14.0 Å². The summed E-state index contributed by atoms with van der Waals surface area (Å²) < 4.78 is 12.8. The Bertz CT molecular complexity index is 624. The third-order valence-electron chi connectivity index (χ3n) is 3.68. The molecular weight excluding hydrogens is 242 g/mol. The van der Waals surface area contributed by atoms with Crippen molar-refractivity contribution in [1.82, 2.24) is 4.57 Å². The second-order valence-corrected chi connectivity index (χ2v) is 4.87. The second kappa shape index (κ2) is 4.70. The van der Waals surface area contributed by atoms with E-state index in [4.69, 9.17) is 9.47 Å². The molecule has 19 heavy (non-hydrogen) atoms. The summed E-state index contributed by atoms with van der Waals surface area (Å²) in [7, 11) is 3.57. The lowest BCUT2D eigenvalue weighted by molar-refractivity contribution is 0.0644. The Hall–Kier alpha value is -1.81. The molecule has 1 saturated heterocycles. The molecule has 1 aromatic heterocycles. The van der Waals surface area contributed by atoms with Gasteiger partial charge in [0, 0.05) is 25.4 Å². The lowest BCUT2D eigenvalue weighted by atomic mass is 10.0. The number of ketones is 1. The maximum Gasteiger partial charge on any atom is 0.193 e. The monoisotopic (exact) mass is 259 g/mol. The van der Waals surface area contributed by atoms with E-state index < -0.39 is 0 Å². The van der Waals surface area contributed by atoms with Crippen molar-refractivity contribution >= 4 is 16.7 Å². The Morgan fingerprint density at radius 3 is 3.00 bits per heavy atom. The predicted octanol–water partition coefficient (Wildman–Crippen LogP) is 2.55. The van der Waals surface area contributed by atoms with Crippen molar-refractivity contribution < 1.29 is 14.3 Å². The molecule has 4 nitrogen and oxygen atoms in total. The molecule has 1 aliphatic heterocycles. The Balaban J connectivity index is 2.15. The van der Waals surface area contributed by atoms with Gasteiger partial charge in [-0.15, -0.1) is 0 Å². The topological polar surface area (TPSA) is 40.5 Å². The van der Waals surface area contributed by atoms with Crippen LogP contribution >= 0.6 is 0 Å². The third kappa shape index (κ3) is 1.92. The van der Waals surface area contributed by atoms with Crippen LogP contribution in [-0.2, 0) is 11.8 Å². The first kappa shape index (κ1) is 12.2. The van der Waals surface area contributed by atoms with Gasteiger partial charge in [0.1, 0.15) is 11.9 Å². The van der Waals surface area contributed by atoms with Crippen LogP contribution < -0.4 is 4.74 Å². The van der Waals surface area contributed by atoms with Gasteiger partial charge in [-0.2, -0.15) is 0 Å². The van der Waals surface area contributed by atoms with Gasteiger partial charge in [0.2, 0.25) is 0 Å². The van der Waals surface area contributed by atoms with E-state index in [1.165, 1.54) is 0 Å². The van der Waals surface area contributed by atoms with E-state index in [0.717, 1.165) is 29.5 Å². The molecule has 1 fully saturated rings. The molecule has 1 aliphatic rings. The Labute approximate surface area is 111 Å². The first-order chi connectivity index (χ1) is 9.22. The molecule has 0 N–H and O–H groups in total. The zero-order chi connectivity index (χ0) is 13.4. The normalized spacial score (nSPS) is 18.9. The average molecular weight is 259 g/mol. The van der Waals surface area contributed by atoms with Gasteiger partial charge in [-0.25, -0.2) is 0 Å². The fourth-order valence-electron chi connectivity index (χ4n) is 2.73. The molecule has 0 aliphatic carbocycles. The minimum Gasteiger partial charge on any atom is -0.496 e. The summed E-state index contributed by atoms with van der Waals surface area (Å²) in [6.07, 6.45) is 3.34. The fraction of sp³-hybridized carbons (Fsp3) is 0.400. The second-order valence-electron chi connectivity index (χ2n) is 4.87. The molecule has 2 aromatic rings.